The predicted octanol–water partition coefficient (Wildman–Crippen LogP) is 4.55. The molecule has 0 saturated carbocycles. The molecule has 1 heterocycles. The number of anilines is 1. The minimum absolute atomic E-state index is 0.232. The van der Waals surface area contributed by atoms with Gasteiger partial charge in [-0.1, -0.05) is 34.1 Å². The van der Waals surface area contributed by atoms with E-state index in [2.05, 4.69) is 5.32 Å². The van der Waals surface area contributed by atoms with E-state index in [4.69, 9.17) is 4.74 Å². The van der Waals surface area contributed by atoms with Crippen molar-refractivity contribution >= 4 is 39.2 Å². The summed E-state index contributed by atoms with van der Waals surface area (Å²) in [6, 6.07) is 3.28. The van der Waals surface area contributed by atoms with Gasteiger partial charge in [0.05, 0.1) is 0 Å². The molecule has 0 spiro atoms. The number of benzene rings is 1. The number of para-hydroxylation sites is 1. The average Bonchev–Trinajstić information content (AvgIpc) is 3.08. The number of esters is 1. The maximum atomic E-state index is 13.5. The second kappa shape index (κ2) is 10.0. The van der Waals surface area contributed by atoms with Crippen molar-refractivity contribution in [2.24, 2.45) is 0 Å². The van der Waals surface area contributed by atoms with Crippen LogP contribution < -0.4 is 5.32 Å². The molecule has 25 heavy (non-hydrogen) atoms. The lowest BCUT2D eigenvalue weighted by molar-refractivity contribution is -0.153. The van der Waals surface area contributed by atoms with E-state index < -0.39 is 35.3 Å². The molecule has 2 atom stereocenters. The average molecular weight is 389 g/mol. The molecule has 1 aromatic rings. The van der Waals surface area contributed by atoms with Crippen LogP contribution >= 0.6 is 21.6 Å². The van der Waals surface area contributed by atoms with Gasteiger partial charge in [0.1, 0.15) is 17.3 Å². The molecule has 1 aliphatic heterocycles. The van der Waals surface area contributed by atoms with Gasteiger partial charge in [-0.15, -0.1) is 0 Å². The Morgan fingerprint density at radius 1 is 1.32 bits per heavy atom. The summed E-state index contributed by atoms with van der Waals surface area (Å²) in [5.41, 5.74) is -0.540. The standard InChI is InChI=1S/C17H21F2NO3S2/c1-11(17(22)20-16-13(18)6-4-7-14(16)19)23-15(21)8-3-2-5-12-9-10-24-25-12/h4,6-7,11-12H,2-3,5,8-10H2,1H3,(H,20,22)/t11-,12+/m0/s1. The van der Waals surface area contributed by atoms with Crippen molar-refractivity contribution in [1.82, 2.24) is 0 Å². The fraction of sp³-hybridized carbons (Fsp3) is 0.529. The molecule has 1 fully saturated rings. The first-order valence-corrected chi connectivity index (χ1v) is 10.6. The van der Waals surface area contributed by atoms with Gasteiger partial charge >= 0.3 is 5.97 Å². The van der Waals surface area contributed by atoms with Gasteiger partial charge in [-0.05, 0) is 38.3 Å². The molecule has 0 bridgehead atoms. The van der Waals surface area contributed by atoms with Gasteiger partial charge in [0.25, 0.3) is 5.91 Å². The van der Waals surface area contributed by atoms with Crippen LogP contribution in [0.3, 0.4) is 0 Å². The first kappa shape index (κ1) is 20.0. The molecule has 2 rings (SSSR count). The number of rotatable bonds is 8. The lowest BCUT2D eigenvalue weighted by Crippen LogP contribution is -2.30. The normalized spacial score (nSPS) is 18.0. The monoisotopic (exact) mass is 389 g/mol. The van der Waals surface area contributed by atoms with Gasteiger partial charge in [0.2, 0.25) is 0 Å². The zero-order chi connectivity index (χ0) is 18.2. The highest BCUT2D eigenvalue weighted by Gasteiger charge is 2.21. The Labute approximate surface area is 153 Å². The topological polar surface area (TPSA) is 55.4 Å². The molecule has 1 aliphatic rings. The molecule has 0 aromatic heterocycles. The summed E-state index contributed by atoms with van der Waals surface area (Å²) in [5.74, 6) is -1.82. The third kappa shape index (κ3) is 6.51. The van der Waals surface area contributed by atoms with Crippen molar-refractivity contribution in [2.75, 3.05) is 11.1 Å². The van der Waals surface area contributed by atoms with Crippen LogP contribution in [0.5, 0.6) is 0 Å². The Morgan fingerprint density at radius 3 is 2.68 bits per heavy atom. The highest BCUT2D eigenvalue weighted by Crippen LogP contribution is 2.39. The van der Waals surface area contributed by atoms with Gasteiger partial charge in [0.15, 0.2) is 6.10 Å². The van der Waals surface area contributed by atoms with Crippen molar-refractivity contribution in [3.63, 3.8) is 0 Å². The molecule has 1 amide bonds. The van der Waals surface area contributed by atoms with Crippen LogP contribution in [-0.4, -0.2) is 29.0 Å². The van der Waals surface area contributed by atoms with Gasteiger partial charge in [0, 0.05) is 17.4 Å². The first-order chi connectivity index (χ1) is 12.0. The summed E-state index contributed by atoms with van der Waals surface area (Å²) in [6.07, 6.45) is 3.05. The summed E-state index contributed by atoms with van der Waals surface area (Å²) in [6.45, 7) is 1.37. The van der Waals surface area contributed by atoms with E-state index in [1.807, 2.05) is 21.6 Å². The Hall–Kier alpha value is -1.28. The second-order valence-corrected chi connectivity index (χ2v) is 8.58. The van der Waals surface area contributed by atoms with Gasteiger partial charge in [-0.25, -0.2) is 8.78 Å². The fourth-order valence-electron chi connectivity index (χ4n) is 2.36. The van der Waals surface area contributed by atoms with E-state index in [0.717, 1.165) is 25.0 Å². The Kier molecular flexibility index (Phi) is 8.02. The number of ether oxygens (including phenoxy) is 1. The van der Waals surface area contributed by atoms with Crippen LogP contribution in [0.15, 0.2) is 18.2 Å². The predicted molar refractivity (Wildman–Crippen MR) is 97.5 cm³/mol. The highest BCUT2D eigenvalue weighted by atomic mass is 33.1. The van der Waals surface area contributed by atoms with Crippen molar-refractivity contribution < 1.29 is 23.1 Å². The zero-order valence-electron chi connectivity index (χ0n) is 13.9. The van der Waals surface area contributed by atoms with E-state index in [-0.39, 0.29) is 6.42 Å². The third-order valence-corrected chi connectivity index (χ3v) is 6.78. The van der Waals surface area contributed by atoms with Crippen molar-refractivity contribution in [3.05, 3.63) is 29.8 Å². The molecule has 1 N–H and O–H groups in total. The highest BCUT2D eigenvalue weighted by molar-refractivity contribution is 8.77. The lowest BCUT2D eigenvalue weighted by atomic mass is 10.1. The molecule has 0 unspecified atom stereocenters. The smallest absolute Gasteiger partial charge is 0.306 e. The first-order valence-electron chi connectivity index (χ1n) is 8.20. The number of carbonyl (C=O) groups is 2. The van der Waals surface area contributed by atoms with Crippen LogP contribution in [-0.2, 0) is 14.3 Å². The number of nitrogens with one attached hydrogen (secondary N) is 1. The molecule has 0 radical (unpaired) electrons. The quantitative estimate of drug-likeness (QED) is 0.402. The molecule has 1 aromatic carbocycles. The van der Waals surface area contributed by atoms with Crippen LogP contribution in [0.1, 0.15) is 39.0 Å². The summed E-state index contributed by atoms with van der Waals surface area (Å²) in [7, 11) is 3.79. The number of hydrogen-bond donors (Lipinski definition) is 1. The molecule has 4 nitrogen and oxygen atoms in total. The van der Waals surface area contributed by atoms with Crippen LogP contribution in [0.2, 0.25) is 0 Å². The maximum Gasteiger partial charge on any atom is 0.306 e. The molecular weight excluding hydrogens is 368 g/mol. The van der Waals surface area contributed by atoms with Crippen LogP contribution in [0.4, 0.5) is 14.5 Å². The van der Waals surface area contributed by atoms with E-state index >= 15 is 0 Å². The second-order valence-electron chi connectivity index (χ2n) is 5.79. The van der Waals surface area contributed by atoms with Gasteiger partial charge in [-0.2, -0.15) is 0 Å². The van der Waals surface area contributed by atoms with Gasteiger partial charge < -0.3 is 10.1 Å². The molecule has 8 heteroatoms. The number of unbranched alkanes of at least 4 members (excludes halogenated alkanes) is 1. The summed E-state index contributed by atoms with van der Waals surface area (Å²) in [5, 5.41) is 2.78. The Balaban J connectivity index is 1.69. The lowest BCUT2D eigenvalue weighted by Gasteiger charge is -2.14. The van der Waals surface area contributed by atoms with E-state index in [0.29, 0.717) is 11.7 Å². The van der Waals surface area contributed by atoms with Crippen molar-refractivity contribution in [2.45, 2.75) is 50.4 Å². The molecule has 0 aliphatic carbocycles. The molecular formula is C17H21F2NO3S2. The summed E-state index contributed by atoms with van der Waals surface area (Å²) >= 11 is 0. The number of hydrogen-bond acceptors (Lipinski definition) is 5. The van der Waals surface area contributed by atoms with E-state index in [1.165, 1.54) is 25.2 Å². The molecule has 1 saturated heterocycles. The van der Waals surface area contributed by atoms with E-state index in [1.54, 1.807) is 0 Å². The van der Waals surface area contributed by atoms with Crippen LogP contribution in [0.25, 0.3) is 0 Å². The van der Waals surface area contributed by atoms with Crippen molar-refractivity contribution in [1.29, 1.82) is 0 Å². The van der Waals surface area contributed by atoms with Crippen LogP contribution in [0, 0.1) is 11.6 Å². The number of carbonyl (C=O) groups excluding carboxylic acids is 2. The minimum atomic E-state index is -1.12. The Morgan fingerprint density at radius 2 is 2.04 bits per heavy atom. The fourth-order valence-corrected chi connectivity index (χ4v) is 5.39. The Bertz CT molecular complexity index is 589. The largest absolute Gasteiger partial charge is 0.453 e. The summed E-state index contributed by atoms with van der Waals surface area (Å²) < 4.78 is 32.0. The summed E-state index contributed by atoms with van der Waals surface area (Å²) in [4.78, 5) is 23.7. The SMILES string of the molecule is C[C@H](OC(=O)CCCC[C@@H]1CCSS1)C(=O)Nc1c(F)cccc1F. The van der Waals surface area contributed by atoms with Gasteiger partial charge in [-0.3, -0.25) is 9.59 Å². The number of amides is 1. The zero-order valence-corrected chi connectivity index (χ0v) is 15.6. The maximum absolute atomic E-state index is 13.5. The van der Waals surface area contributed by atoms with Crippen molar-refractivity contribution in [3.8, 4) is 0 Å². The van der Waals surface area contributed by atoms with E-state index in [9.17, 15) is 18.4 Å². The molecule has 138 valence electrons. The number of halogens is 2. The minimum Gasteiger partial charge on any atom is -0.453 e. The third-order valence-electron chi connectivity index (χ3n) is 3.77.